The van der Waals surface area contributed by atoms with Crippen LogP contribution in [0.3, 0.4) is 0 Å². The van der Waals surface area contributed by atoms with Crippen molar-refractivity contribution in [2.75, 3.05) is 19.0 Å². The van der Waals surface area contributed by atoms with Gasteiger partial charge in [0.25, 0.3) is 0 Å². The Balaban J connectivity index is 1.75. The highest BCUT2D eigenvalue weighted by molar-refractivity contribution is 5.98. The SMILES string of the molecule is CCc1ccccc1NC(=O)CCC(=O)OCC(=O)c1ccc(OC)cc1. The minimum atomic E-state index is -0.587. The fourth-order valence-corrected chi connectivity index (χ4v) is 2.46. The van der Waals surface area contributed by atoms with Gasteiger partial charge in [0.2, 0.25) is 5.91 Å². The average Bonchev–Trinajstić information content (AvgIpc) is 2.71. The number of ketones is 1. The molecular formula is C21H23NO5. The van der Waals surface area contributed by atoms with Crippen LogP contribution in [0.15, 0.2) is 48.5 Å². The second-order valence-electron chi connectivity index (χ2n) is 5.87. The second kappa shape index (κ2) is 10.1. The van der Waals surface area contributed by atoms with Crippen LogP contribution in [-0.4, -0.2) is 31.4 Å². The van der Waals surface area contributed by atoms with Crippen LogP contribution in [0.25, 0.3) is 0 Å². The van der Waals surface area contributed by atoms with Gasteiger partial charge in [-0.3, -0.25) is 14.4 Å². The minimum Gasteiger partial charge on any atom is -0.497 e. The number of rotatable bonds is 9. The predicted octanol–water partition coefficient (Wildman–Crippen LogP) is 3.40. The molecule has 0 spiro atoms. The number of Topliss-reactive ketones (excluding diaryl/α,β-unsaturated/α-hetero) is 1. The van der Waals surface area contributed by atoms with Crippen molar-refractivity contribution in [3.63, 3.8) is 0 Å². The van der Waals surface area contributed by atoms with E-state index in [0.717, 1.165) is 17.7 Å². The first-order valence-corrected chi connectivity index (χ1v) is 8.74. The molecule has 0 aliphatic rings. The topological polar surface area (TPSA) is 81.7 Å². The molecule has 0 saturated carbocycles. The van der Waals surface area contributed by atoms with Crippen LogP contribution in [0.5, 0.6) is 5.75 Å². The molecule has 0 aliphatic heterocycles. The van der Waals surface area contributed by atoms with Crippen molar-refractivity contribution in [2.24, 2.45) is 0 Å². The molecule has 2 rings (SSSR count). The summed E-state index contributed by atoms with van der Waals surface area (Å²) in [6.07, 6.45) is 0.704. The molecule has 0 aliphatic carbocycles. The van der Waals surface area contributed by atoms with E-state index in [2.05, 4.69) is 5.32 Å². The fourth-order valence-electron chi connectivity index (χ4n) is 2.46. The number of aryl methyl sites for hydroxylation is 1. The third-order valence-electron chi connectivity index (χ3n) is 4.00. The quantitative estimate of drug-likeness (QED) is 0.541. The summed E-state index contributed by atoms with van der Waals surface area (Å²) in [5.41, 5.74) is 2.20. The van der Waals surface area contributed by atoms with Crippen LogP contribution in [0, 0.1) is 0 Å². The smallest absolute Gasteiger partial charge is 0.306 e. The first-order chi connectivity index (χ1) is 13.0. The molecule has 0 fully saturated rings. The van der Waals surface area contributed by atoms with Crippen molar-refractivity contribution < 1.29 is 23.9 Å². The van der Waals surface area contributed by atoms with Gasteiger partial charge in [0, 0.05) is 17.7 Å². The predicted molar refractivity (Wildman–Crippen MR) is 102 cm³/mol. The number of amides is 1. The van der Waals surface area contributed by atoms with Gasteiger partial charge in [0.15, 0.2) is 12.4 Å². The molecule has 27 heavy (non-hydrogen) atoms. The lowest BCUT2D eigenvalue weighted by molar-refractivity contribution is -0.143. The lowest BCUT2D eigenvalue weighted by atomic mass is 10.1. The van der Waals surface area contributed by atoms with Gasteiger partial charge in [-0.05, 0) is 42.3 Å². The third kappa shape index (κ3) is 6.26. The van der Waals surface area contributed by atoms with Crippen molar-refractivity contribution in [3.8, 4) is 5.75 Å². The maximum Gasteiger partial charge on any atom is 0.306 e. The summed E-state index contributed by atoms with van der Waals surface area (Å²) in [6.45, 7) is 1.65. The second-order valence-corrected chi connectivity index (χ2v) is 5.87. The molecule has 0 aromatic heterocycles. The van der Waals surface area contributed by atoms with E-state index in [9.17, 15) is 14.4 Å². The maximum absolute atomic E-state index is 12.0. The summed E-state index contributed by atoms with van der Waals surface area (Å²) in [4.78, 5) is 35.8. The van der Waals surface area contributed by atoms with E-state index >= 15 is 0 Å². The molecule has 1 amide bonds. The van der Waals surface area contributed by atoms with E-state index in [1.165, 1.54) is 7.11 Å². The van der Waals surface area contributed by atoms with Crippen molar-refractivity contribution in [2.45, 2.75) is 26.2 Å². The Morgan fingerprint density at radius 2 is 1.67 bits per heavy atom. The van der Waals surface area contributed by atoms with Gasteiger partial charge in [-0.1, -0.05) is 25.1 Å². The van der Waals surface area contributed by atoms with Crippen LogP contribution >= 0.6 is 0 Å². The van der Waals surface area contributed by atoms with Crippen molar-refractivity contribution in [1.29, 1.82) is 0 Å². The van der Waals surface area contributed by atoms with Crippen LogP contribution < -0.4 is 10.1 Å². The molecule has 0 radical (unpaired) electrons. The lowest BCUT2D eigenvalue weighted by Crippen LogP contribution is -2.17. The monoisotopic (exact) mass is 369 g/mol. The van der Waals surface area contributed by atoms with E-state index in [1.54, 1.807) is 24.3 Å². The number of hydrogen-bond acceptors (Lipinski definition) is 5. The molecule has 0 saturated heterocycles. The van der Waals surface area contributed by atoms with Crippen LogP contribution in [-0.2, 0) is 20.7 Å². The Morgan fingerprint density at radius 3 is 2.33 bits per heavy atom. The average molecular weight is 369 g/mol. The number of hydrogen-bond donors (Lipinski definition) is 1. The zero-order chi connectivity index (χ0) is 19.6. The molecule has 6 nitrogen and oxygen atoms in total. The minimum absolute atomic E-state index is 0.00634. The molecular weight excluding hydrogens is 346 g/mol. The Bertz CT molecular complexity index is 798. The Hall–Kier alpha value is -3.15. The number of carbonyl (C=O) groups excluding carboxylic acids is 3. The van der Waals surface area contributed by atoms with E-state index in [-0.39, 0.29) is 31.1 Å². The fraction of sp³-hybridized carbons (Fsp3) is 0.286. The molecule has 2 aromatic carbocycles. The molecule has 2 aromatic rings. The highest BCUT2D eigenvalue weighted by Gasteiger charge is 2.13. The lowest BCUT2D eigenvalue weighted by Gasteiger charge is -2.09. The summed E-state index contributed by atoms with van der Waals surface area (Å²) in [5.74, 6) is -0.531. The van der Waals surface area contributed by atoms with E-state index in [1.807, 2.05) is 31.2 Å². The summed E-state index contributed by atoms with van der Waals surface area (Å²) in [7, 11) is 1.54. The zero-order valence-electron chi connectivity index (χ0n) is 15.5. The summed E-state index contributed by atoms with van der Waals surface area (Å²) < 4.78 is 9.98. The van der Waals surface area contributed by atoms with Crippen molar-refractivity contribution in [1.82, 2.24) is 0 Å². The number of ether oxygens (including phenoxy) is 2. The normalized spacial score (nSPS) is 10.1. The number of methoxy groups -OCH3 is 1. The maximum atomic E-state index is 12.0. The Kier molecular flexibility index (Phi) is 7.55. The van der Waals surface area contributed by atoms with Crippen molar-refractivity contribution in [3.05, 3.63) is 59.7 Å². The van der Waals surface area contributed by atoms with Gasteiger partial charge in [0.05, 0.1) is 13.5 Å². The number of benzene rings is 2. The molecule has 0 unspecified atom stereocenters. The van der Waals surface area contributed by atoms with Gasteiger partial charge in [0.1, 0.15) is 5.75 Å². The number of para-hydroxylation sites is 1. The van der Waals surface area contributed by atoms with E-state index in [4.69, 9.17) is 9.47 Å². The first kappa shape index (κ1) is 20.2. The highest BCUT2D eigenvalue weighted by atomic mass is 16.5. The van der Waals surface area contributed by atoms with Gasteiger partial charge >= 0.3 is 5.97 Å². The summed E-state index contributed by atoms with van der Waals surface area (Å²) >= 11 is 0. The van der Waals surface area contributed by atoms with Crippen LogP contribution in [0.4, 0.5) is 5.69 Å². The van der Waals surface area contributed by atoms with Crippen LogP contribution in [0.2, 0.25) is 0 Å². The van der Waals surface area contributed by atoms with Gasteiger partial charge in [-0.15, -0.1) is 0 Å². The van der Waals surface area contributed by atoms with Gasteiger partial charge < -0.3 is 14.8 Å². The standard InChI is InChI=1S/C21H23NO5/c1-3-15-6-4-5-7-18(15)22-20(24)12-13-21(25)27-14-19(23)16-8-10-17(26-2)11-9-16/h4-11H,3,12-14H2,1-2H3,(H,22,24). The highest BCUT2D eigenvalue weighted by Crippen LogP contribution is 2.16. The van der Waals surface area contributed by atoms with E-state index in [0.29, 0.717) is 11.3 Å². The zero-order valence-corrected chi connectivity index (χ0v) is 15.5. The summed E-state index contributed by atoms with van der Waals surface area (Å²) in [6, 6.07) is 14.0. The number of esters is 1. The number of carbonyl (C=O) groups is 3. The summed E-state index contributed by atoms with van der Waals surface area (Å²) in [5, 5.41) is 2.79. The Labute approximate surface area is 158 Å². The van der Waals surface area contributed by atoms with Crippen LogP contribution in [0.1, 0.15) is 35.7 Å². The number of anilines is 1. The molecule has 0 atom stereocenters. The van der Waals surface area contributed by atoms with Crippen molar-refractivity contribution >= 4 is 23.3 Å². The molecule has 1 N–H and O–H groups in total. The third-order valence-corrected chi connectivity index (χ3v) is 4.00. The van der Waals surface area contributed by atoms with Gasteiger partial charge in [-0.2, -0.15) is 0 Å². The molecule has 142 valence electrons. The Morgan fingerprint density at radius 1 is 0.963 bits per heavy atom. The molecule has 6 heteroatoms. The van der Waals surface area contributed by atoms with E-state index < -0.39 is 5.97 Å². The largest absolute Gasteiger partial charge is 0.497 e. The number of nitrogens with one attached hydrogen (secondary N) is 1. The molecule has 0 bridgehead atoms. The first-order valence-electron chi connectivity index (χ1n) is 8.74. The van der Waals surface area contributed by atoms with Gasteiger partial charge in [-0.25, -0.2) is 0 Å². The molecule has 0 heterocycles.